The lowest BCUT2D eigenvalue weighted by Crippen LogP contribution is -2.19. The molecule has 1 saturated carbocycles. The molecule has 0 bridgehead atoms. The van der Waals surface area contributed by atoms with Crippen LogP contribution in [0, 0.1) is 11.9 Å². The van der Waals surface area contributed by atoms with Crippen LogP contribution in [0.2, 0.25) is 0 Å². The summed E-state index contributed by atoms with van der Waals surface area (Å²) in [6, 6.07) is 12.4. The van der Waals surface area contributed by atoms with Crippen molar-refractivity contribution in [2.45, 2.75) is 48.2 Å². The van der Waals surface area contributed by atoms with Crippen molar-refractivity contribution in [3.05, 3.63) is 66.0 Å². The Morgan fingerprint density at radius 1 is 1.06 bits per heavy atom. The molecule has 1 unspecified atom stereocenters. The van der Waals surface area contributed by atoms with Crippen LogP contribution in [0.25, 0.3) is 11.4 Å². The van der Waals surface area contributed by atoms with Crippen LogP contribution in [-0.2, 0) is 14.6 Å². The third-order valence-electron chi connectivity index (χ3n) is 6.41. The molecule has 1 N–H and O–H groups in total. The number of rotatable bonds is 7. The molecule has 3 aromatic rings. The Morgan fingerprint density at radius 3 is 2.47 bits per heavy atom. The zero-order chi connectivity index (χ0) is 22.1. The summed E-state index contributed by atoms with van der Waals surface area (Å²) in [6.45, 7) is 1.45. The Bertz CT molecular complexity index is 1170. The standard InChI is InChI=1S/C24H26FN3O3S/c25-23-22(21-3-1-2-12-26-21)27-24(28-23)20(15-16-10-13-31-14-11-16)17-4-6-18(7-5-17)32(29,30)19-8-9-19/h1-7,12,16,19-20H,8-11,13-15H2,(H,27,28). The maximum absolute atomic E-state index is 14.8. The predicted octanol–water partition coefficient (Wildman–Crippen LogP) is 4.50. The molecule has 8 heteroatoms. The number of nitrogens with zero attached hydrogens (tertiary/aromatic N) is 2. The summed E-state index contributed by atoms with van der Waals surface area (Å²) in [5, 5.41) is -0.244. The second-order valence-corrected chi connectivity index (χ2v) is 10.9. The number of nitrogens with one attached hydrogen (secondary N) is 1. The number of benzene rings is 1. The molecule has 2 fully saturated rings. The van der Waals surface area contributed by atoms with Crippen molar-refractivity contribution in [1.82, 2.24) is 15.0 Å². The quantitative estimate of drug-likeness (QED) is 0.567. The van der Waals surface area contributed by atoms with E-state index in [1.54, 1.807) is 36.5 Å². The monoisotopic (exact) mass is 455 g/mol. The van der Waals surface area contributed by atoms with Gasteiger partial charge in [-0.05, 0) is 67.9 Å². The third kappa shape index (κ3) is 4.34. The average molecular weight is 456 g/mol. The fraction of sp³-hybridized carbons (Fsp3) is 0.417. The van der Waals surface area contributed by atoms with Crippen molar-refractivity contribution in [1.29, 1.82) is 0 Å². The van der Waals surface area contributed by atoms with E-state index in [2.05, 4.69) is 15.0 Å². The Balaban J connectivity index is 1.48. The van der Waals surface area contributed by atoms with E-state index in [0.717, 1.165) is 50.9 Å². The van der Waals surface area contributed by atoms with E-state index >= 15 is 0 Å². The summed E-state index contributed by atoms with van der Waals surface area (Å²) in [5.41, 5.74) is 1.69. The van der Waals surface area contributed by atoms with E-state index in [-0.39, 0.29) is 16.9 Å². The van der Waals surface area contributed by atoms with E-state index < -0.39 is 15.8 Å². The second-order valence-electron chi connectivity index (χ2n) is 8.66. The summed E-state index contributed by atoms with van der Waals surface area (Å²) in [6.07, 6.45) is 5.76. The highest BCUT2D eigenvalue weighted by molar-refractivity contribution is 7.92. The first-order valence-electron chi connectivity index (χ1n) is 11.1. The lowest BCUT2D eigenvalue weighted by Gasteiger charge is -2.26. The Morgan fingerprint density at radius 2 is 1.81 bits per heavy atom. The molecule has 5 rings (SSSR count). The van der Waals surface area contributed by atoms with Gasteiger partial charge in [-0.25, -0.2) is 13.4 Å². The fourth-order valence-electron chi connectivity index (χ4n) is 4.40. The van der Waals surface area contributed by atoms with Gasteiger partial charge in [-0.3, -0.25) is 4.98 Å². The minimum atomic E-state index is -3.25. The van der Waals surface area contributed by atoms with Crippen LogP contribution in [0.5, 0.6) is 0 Å². The lowest BCUT2D eigenvalue weighted by atomic mass is 9.84. The Hall–Kier alpha value is -2.58. The highest BCUT2D eigenvalue weighted by Gasteiger charge is 2.37. The summed E-state index contributed by atoms with van der Waals surface area (Å²) in [4.78, 5) is 12.0. The molecular weight excluding hydrogens is 429 g/mol. The number of hydrogen-bond donors (Lipinski definition) is 1. The maximum Gasteiger partial charge on any atom is 0.240 e. The molecule has 32 heavy (non-hydrogen) atoms. The van der Waals surface area contributed by atoms with Crippen molar-refractivity contribution in [3.63, 3.8) is 0 Å². The van der Waals surface area contributed by atoms with Crippen LogP contribution < -0.4 is 0 Å². The highest BCUT2D eigenvalue weighted by atomic mass is 32.2. The highest BCUT2D eigenvalue weighted by Crippen LogP contribution is 2.37. The Labute approximate surface area is 187 Å². The van der Waals surface area contributed by atoms with Gasteiger partial charge >= 0.3 is 0 Å². The molecule has 168 valence electrons. The van der Waals surface area contributed by atoms with Crippen LogP contribution in [0.4, 0.5) is 4.39 Å². The van der Waals surface area contributed by atoms with Crippen LogP contribution in [0.1, 0.15) is 49.4 Å². The van der Waals surface area contributed by atoms with Gasteiger partial charge in [0.2, 0.25) is 5.95 Å². The van der Waals surface area contributed by atoms with Gasteiger partial charge in [0.05, 0.1) is 15.8 Å². The molecule has 1 atom stereocenters. The minimum absolute atomic E-state index is 0.178. The number of halogens is 1. The molecule has 0 spiro atoms. The van der Waals surface area contributed by atoms with Gasteiger partial charge in [-0.15, -0.1) is 0 Å². The molecule has 0 radical (unpaired) electrons. The minimum Gasteiger partial charge on any atom is -0.381 e. The van der Waals surface area contributed by atoms with Crippen molar-refractivity contribution < 1.29 is 17.5 Å². The van der Waals surface area contributed by atoms with Crippen LogP contribution in [0.15, 0.2) is 53.6 Å². The number of H-pyrrole nitrogens is 1. The summed E-state index contributed by atoms with van der Waals surface area (Å²) >= 11 is 0. The van der Waals surface area contributed by atoms with Crippen molar-refractivity contribution >= 4 is 9.84 Å². The van der Waals surface area contributed by atoms with Crippen molar-refractivity contribution in [2.24, 2.45) is 5.92 Å². The smallest absolute Gasteiger partial charge is 0.240 e. The number of sulfone groups is 1. The number of pyridine rings is 1. The normalized spacial score (nSPS) is 18.5. The van der Waals surface area contributed by atoms with Crippen molar-refractivity contribution in [3.8, 4) is 11.4 Å². The topological polar surface area (TPSA) is 84.9 Å². The molecule has 2 aliphatic rings. The van der Waals surface area contributed by atoms with Gasteiger partial charge in [0.15, 0.2) is 9.84 Å². The Kier molecular flexibility index (Phi) is 5.82. The van der Waals surface area contributed by atoms with Gasteiger partial charge in [0.1, 0.15) is 11.5 Å². The van der Waals surface area contributed by atoms with Gasteiger partial charge in [0, 0.05) is 25.3 Å². The molecule has 1 aliphatic heterocycles. The number of aromatic amines is 1. The number of hydrogen-bond acceptors (Lipinski definition) is 5. The van der Waals surface area contributed by atoms with Gasteiger partial charge < -0.3 is 9.72 Å². The van der Waals surface area contributed by atoms with Crippen LogP contribution >= 0.6 is 0 Å². The van der Waals surface area contributed by atoms with E-state index in [1.165, 1.54) is 0 Å². The molecule has 2 aromatic heterocycles. The van der Waals surface area contributed by atoms with Crippen LogP contribution in [0.3, 0.4) is 0 Å². The van der Waals surface area contributed by atoms with Crippen molar-refractivity contribution in [2.75, 3.05) is 13.2 Å². The molecule has 1 saturated heterocycles. The molecule has 1 aliphatic carbocycles. The summed E-state index contributed by atoms with van der Waals surface area (Å²) < 4.78 is 45.4. The summed E-state index contributed by atoms with van der Waals surface area (Å²) in [7, 11) is -3.25. The van der Waals surface area contributed by atoms with Gasteiger partial charge in [0.25, 0.3) is 0 Å². The fourth-order valence-corrected chi connectivity index (χ4v) is 6.05. The molecule has 6 nitrogen and oxygen atoms in total. The number of aromatic nitrogens is 3. The third-order valence-corrected chi connectivity index (χ3v) is 8.69. The largest absolute Gasteiger partial charge is 0.381 e. The van der Waals surface area contributed by atoms with Crippen LogP contribution in [-0.4, -0.2) is 41.8 Å². The van der Waals surface area contributed by atoms with E-state index in [4.69, 9.17) is 4.74 Å². The van der Waals surface area contributed by atoms with E-state index in [1.807, 2.05) is 12.1 Å². The number of imidazole rings is 1. The zero-order valence-electron chi connectivity index (χ0n) is 17.7. The second kappa shape index (κ2) is 8.75. The van der Waals surface area contributed by atoms with E-state index in [0.29, 0.717) is 22.3 Å². The van der Waals surface area contributed by atoms with E-state index in [9.17, 15) is 12.8 Å². The SMILES string of the molecule is O=S(=O)(c1ccc(C(CC2CCOCC2)c2nc(F)c(-c3ccccn3)[nH]2)cc1)C1CC1. The molecular formula is C24H26FN3O3S. The predicted molar refractivity (Wildman–Crippen MR) is 118 cm³/mol. The number of ether oxygens (including phenoxy) is 1. The average Bonchev–Trinajstić information content (AvgIpc) is 3.62. The first-order chi connectivity index (χ1) is 15.5. The summed E-state index contributed by atoms with van der Waals surface area (Å²) in [5.74, 6) is 0.203. The molecule has 3 heterocycles. The first kappa shape index (κ1) is 21.3. The maximum atomic E-state index is 14.8. The molecule has 0 amide bonds. The lowest BCUT2D eigenvalue weighted by molar-refractivity contribution is 0.0625. The zero-order valence-corrected chi connectivity index (χ0v) is 18.5. The molecule has 1 aromatic carbocycles. The van der Waals surface area contributed by atoms with Gasteiger partial charge in [-0.1, -0.05) is 18.2 Å². The first-order valence-corrected chi connectivity index (χ1v) is 12.7. The van der Waals surface area contributed by atoms with Gasteiger partial charge in [-0.2, -0.15) is 4.39 Å².